The van der Waals surface area contributed by atoms with Crippen molar-refractivity contribution in [2.45, 2.75) is 44.3 Å². The summed E-state index contributed by atoms with van der Waals surface area (Å²) < 4.78 is 14.4. The van der Waals surface area contributed by atoms with Gasteiger partial charge in [-0.05, 0) is 72.6 Å². The van der Waals surface area contributed by atoms with Crippen molar-refractivity contribution in [3.63, 3.8) is 0 Å². The van der Waals surface area contributed by atoms with Crippen LogP contribution in [0, 0.1) is 0 Å². The maximum atomic E-state index is 6.51. The second kappa shape index (κ2) is 7.02. The minimum Gasteiger partial charge on any atom is -0.399 e. The molecule has 4 heteroatoms. The molecule has 2 nitrogen and oxygen atoms in total. The Morgan fingerprint density at radius 1 is 0.622 bits per heavy atom. The predicted octanol–water partition coefficient (Wildman–Crippen LogP) is 7.54. The number of hydrogen-bond donors (Lipinski definition) is 0. The Bertz CT molecular complexity index is 1750. The quantitative estimate of drug-likeness (QED) is 0.218. The Labute approximate surface area is 222 Å². The molecule has 0 bridgehead atoms. The number of hydrogen-bond acceptors (Lipinski definition) is 3. The fourth-order valence-corrected chi connectivity index (χ4v) is 8.14. The van der Waals surface area contributed by atoms with Crippen LogP contribution in [0.1, 0.15) is 49.3 Å². The largest absolute Gasteiger partial charge is 0.494 e. The van der Waals surface area contributed by atoms with E-state index in [-0.39, 0.29) is 16.6 Å². The molecule has 3 aliphatic rings. The van der Waals surface area contributed by atoms with Gasteiger partial charge in [-0.2, -0.15) is 0 Å². The average Bonchev–Trinajstić information content (AvgIpc) is 3.56. The van der Waals surface area contributed by atoms with Crippen LogP contribution in [0.15, 0.2) is 91.0 Å². The van der Waals surface area contributed by atoms with E-state index in [0.29, 0.717) is 0 Å². The number of benzene rings is 4. The van der Waals surface area contributed by atoms with Crippen LogP contribution in [-0.4, -0.2) is 18.3 Å². The van der Waals surface area contributed by atoms with E-state index in [2.05, 4.69) is 119 Å². The molecular formula is C33H27BO2S. The first-order valence-electron chi connectivity index (χ1n) is 13.0. The topological polar surface area (TPSA) is 18.5 Å². The molecule has 4 aromatic carbocycles. The van der Waals surface area contributed by atoms with Crippen molar-refractivity contribution in [1.82, 2.24) is 0 Å². The molecule has 0 N–H and O–H groups in total. The third kappa shape index (κ3) is 2.59. The minimum atomic E-state index is -0.394. The molecule has 0 amide bonds. The maximum absolute atomic E-state index is 6.51. The molecule has 2 aliphatic carbocycles. The first-order chi connectivity index (χ1) is 17.8. The number of fused-ring (bicyclic) bond motifs is 12. The fourth-order valence-electron chi connectivity index (χ4n) is 6.68. The van der Waals surface area contributed by atoms with Crippen LogP contribution in [-0.2, 0) is 14.7 Å². The summed E-state index contributed by atoms with van der Waals surface area (Å²) in [7, 11) is -0.394. The monoisotopic (exact) mass is 498 g/mol. The highest BCUT2D eigenvalue weighted by Crippen LogP contribution is 2.65. The standard InChI is InChI=1S/C33H27BO2S/c1-31(2)32(3,4)36-34(35-31)20-17-18-22-21-11-5-8-14-25(21)33(27(22)19-20)26-15-9-6-12-23(26)29-24-13-7-10-16-28(24)37-30(29)33/h5-19H,1-4H3. The Hall–Kier alpha value is -3.18. The molecule has 5 aromatic rings. The first kappa shape index (κ1) is 21.9. The Morgan fingerprint density at radius 3 is 1.97 bits per heavy atom. The number of rotatable bonds is 1. The van der Waals surface area contributed by atoms with Gasteiger partial charge in [-0.1, -0.05) is 84.9 Å². The molecule has 1 aliphatic heterocycles. The molecule has 1 spiro atoms. The molecule has 8 rings (SSSR count). The molecule has 2 heterocycles. The van der Waals surface area contributed by atoms with E-state index in [4.69, 9.17) is 9.31 Å². The van der Waals surface area contributed by atoms with Crippen molar-refractivity contribution >= 4 is 34.0 Å². The molecule has 1 atom stereocenters. The highest BCUT2D eigenvalue weighted by atomic mass is 32.1. The van der Waals surface area contributed by atoms with Crippen LogP contribution in [0.2, 0.25) is 0 Å². The summed E-state index contributed by atoms with van der Waals surface area (Å²) in [5.41, 5.74) is 9.41. The van der Waals surface area contributed by atoms with E-state index in [1.165, 1.54) is 53.9 Å². The highest BCUT2D eigenvalue weighted by molar-refractivity contribution is 7.20. The summed E-state index contributed by atoms with van der Waals surface area (Å²) >= 11 is 1.94. The minimum absolute atomic E-state index is 0.346. The van der Waals surface area contributed by atoms with Crippen molar-refractivity contribution in [3.05, 3.63) is 113 Å². The average molecular weight is 498 g/mol. The third-order valence-electron chi connectivity index (χ3n) is 9.13. The molecule has 1 saturated heterocycles. The van der Waals surface area contributed by atoms with Gasteiger partial charge in [0.2, 0.25) is 0 Å². The summed E-state index contributed by atoms with van der Waals surface area (Å²) in [5.74, 6) is 0. The lowest BCUT2D eigenvalue weighted by Gasteiger charge is -2.32. The SMILES string of the molecule is CC1(C)OB(c2ccc3c(c2)C2(c4ccccc4-3)c3ccccc3-c3c2sc2ccccc32)OC1(C)C. The van der Waals surface area contributed by atoms with Gasteiger partial charge in [0.1, 0.15) is 0 Å². The summed E-state index contributed by atoms with van der Waals surface area (Å²) in [4.78, 5) is 1.42. The van der Waals surface area contributed by atoms with Crippen molar-refractivity contribution < 1.29 is 9.31 Å². The van der Waals surface area contributed by atoms with Crippen LogP contribution in [0.5, 0.6) is 0 Å². The van der Waals surface area contributed by atoms with Crippen molar-refractivity contribution in [2.75, 3.05) is 0 Å². The summed E-state index contributed by atoms with van der Waals surface area (Å²) in [6.07, 6.45) is 0. The molecule has 37 heavy (non-hydrogen) atoms. The van der Waals surface area contributed by atoms with E-state index in [1.807, 2.05) is 11.3 Å². The molecule has 0 radical (unpaired) electrons. The molecule has 0 saturated carbocycles. The fraction of sp³-hybridized carbons (Fsp3) is 0.212. The van der Waals surface area contributed by atoms with Crippen LogP contribution in [0.3, 0.4) is 0 Å². The van der Waals surface area contributed by atoms with Crippen LogP contribution >= 0.6 is 11.3 Å². The lowest BCUT2D eigenvalue weighted by molar-refractivity contribution is 0.00578. The Kier molecular flexibility index (Phi) is 4.15. The molecule has 1 unspecified atom stereocenters. The molecule has 1 aromatic heterocycles. The van der Waals surface area contributed by atoms with E-state index >= 15 is 0 Å². The Morgan fingerprint density at radius 2 is 1.22 bits per heavy atom. The van der Waals surface area contributed by atoms with Gasteiger partial charge in [0.05, 0.1) is 16.6 Å². The van der Waals surface area contributed by atoms with Gasteiger partial charge in [-0.15, -0.1) is 11.3 Å². The van der Waals surface area contributed by atoms with Gasteiger partial charge in [0.15, 0.2) is 0 Å². The third-order valence-corrected chi connectivity index (χ3v) is 10.4. The van der Waals surface area contributed by atoms with Gasteiger partial charge in [-0.3, -0.25) is 0 Å². The van der Waals surface area contributed by atoms with Gasteiger partial charge < -0.3 is 9.31 Å². The zero-order chi connectivity index (χ0) is 25.2. The van der Waals surface area contributed by atoms with Crippen LogP contribution in [0.4, 0.5) is 0 Å². The molecule has 1 fully saturated rings. The highest BCUT2D eigenvalue weighted by Gasteiger charge is 2.55. The summed E-state index contributed by atoms with van der Waals surface area (Å²) in [5, 5.41) is 1.35. The zero-order valence-corrected chi connectivity index (χ0v) is 22.3. The Balaban J connectivity index is 1.46. The second-order valence-corrected chi connectivity index (χ2v) is 12.6. The van der Waals surface area contributed by atoms with Gasteiger partial charge in [0.25, 0.3) is 0 Å². The zero-order valence-electron chi connectivity index (χ0n) is 21.5. The summed E-state index contributed by atoms with van der Waals surface area (Å²) in [6, 6.07) is 33.7. The van der Waals surface area contributed by atoms with Crippen molar-refractivity contribution in [1.29, 1.82) is 0 Å². The number of thiophene rings is 1. The second-order valence-electron chi connectivity index (χ2n) is 11.5. The normalized spacial score (nSPS) is 21.8. The van der Waals surface area contributed by atoms with Gasteiger partial charge >= 0.3 is 7.12 Å². The van der Waals surface area contributed by atoms with E-state index in [9.17, 15) is 0 Å². The lowest BCUT2D eigenvalue weighted by atomic mass is 9.70. The molecule has 180 valence electrons. The van der Waals surface area contributed by atoms with Crippen molar-refractivity contribution in [3.8, 4) is 22.3 Å². The predicted molar refractivity (Wildman–Crippen MR) is 154 cm³/mol. The smallest absolute Gasteiger partial charge is 0.399 e. The van der Waals surface area contributed by atoms with Crippen LogP contribution < -0.4 is 5.46 Å². The van der Waals surface area contributed by atoms with Gasteiger partial charge in [0, 0.05) is 20.5 Å². The van der Waals surface area contributed by atoms with Gasteiger partial charge in [-0.25, -0.2) is 0 Å². The maximum Gasteiger partial charge on any atom is 0.494 e. The molecular weight excluding hydrogens is 471 g/mol. The van der Waals surface area contributed by atoms with Crippen molar-refractivity contribution in [2.24, 2.45) is 0 Å². The van der Waals surface area contributed by atoms with E-state index in [1.54, 1.807) is 0 Å². The van der Waals surface area contributed by atoms with Crippen LogP contribution in [0.25, 0.3) is 32.3 Å². The van der Waals surface area contributed by atoms with E-state index < -0.39 is 7.12 Å². The lowest BCUT2D eigenvalue weighted by Crippen LogP contribution is -2.41. The van der Waals surface area contributed by atoms with E-state index in [0.717, 1.165) is 5.46 Å². The first-order valence-corrected chi connectivity index (χ1v) is 13.9. The summed E-state index contributed by atoms with van der Waals surface area (Å²) in [6.45, 7) is 8.48.